The van der Waals surface area contributed by atoms with E-state index in [2.05, 4.69) is 39.8 Å². The number of amidine groups is 1. The molecule has 8 heteroatoms. The normalized spacial score (nSPS) is 25.4. The SMILES string of the molecule is CC1C(=O)NN=C2COc3cc4c(cc3N21)N(C1(C)CNC1)CC4.Cl. The van der Waals surface area contributed by atoms with Gasteiger partial charge in [-0.3, -0.25) is 4.79 Å². The third-order valence-electron chi connectivity index (χ3n) is 5.68. The van der Waals surface area contributed by atoms with Gasteiger partial charge in [-0.05, 0) is 38.0 Å². The first-order valence-corrected chi connectivity index (χ1v) is 8.51. The zero-order valence-electron chi connectivity index (χ0n) is 14.3. The van der Waals surface area contributed by atoms with Gasteiger partial charge in [0.2, 0.25) is 0 Å². The van der Waals surface area contributed by atoms with E-state index in [4.69, 9.17) is 4.74 Å². The molecule has 1 aromatic carbocycles. The Morgan fingerprint density at radius 1 is 1.32 bits per heavy atom. The summed E-state index contributed by atoms with van der Waals surface area (Å²) in [5.74, 6) is 1.53. The van der Waals surface area contributed by atoms with E-state index in [-0.39, 0.29) is 29.9 Å². The third kappa shape index (κ3) is 2.22. The maximum Gasteiger partial charge on any atom is 0.262 e. The smallest absolute Gasteiger partial charge is 0.262 e. The molecule has 1 saturated heterocycles. The Morgan fingerprint density at radius 2 is 2.12 bits per heavy atom. The molecular weight excluding hydrogens is 342 g/mol. The van der Waals surface area contributed by atoms with Crippen molar-refractivity contribution < 1.29 is 9.53 Å². The number of hydrogen-bond acceptors (Lipinski definition) is 6. The Morgan fingerprint density at radius 3 is 2.84 bits per heavy atom. The number of nitrogens with one attached hydrogen (secondary N) is 2. The molecule has 7 nitrogen and oxygen atoms in total. The number of fused-ring (bicyclic) bond motifs is 4. The maximum atomic E-state index is 12.1. The topological polar surface area (TPSA) is 69.2 Å². The number of hydrogen-bond donors (Lipinski definition) is 2. The van der Waals surface area contributed by atoms with E-state index in [0.717, 1.165) is 43.3 Å². The van der Waals surface area contributed by atoms with Crippen molar-refractivity contribution in [1.82, 2.24) is 10.7 Å². The molecule has 1 atom stereocenters. The van der Waals surface area contributed by atoms with Crippen molar-refractivity contribution in [3.63, 3.8) is 0 Å². The van der Waals surface area contributed by atoms with Crippen molar-refractivity contribution in [2.24, 2.45) is 5.10 Å². The number of carbonyl (C=O) groups is 1. The lowest BCUT2D eigenvalue weighted by Gasteiger charge is -2.48. The molecule has 1 aromatic rings. The minimum absolute atomic E-state index is 0. The number of amides is 1. The van der Waals surface area contributed by atoms with Gasteiger partial charge in [0.05, 0.1) is 11.2 Å². The van der Waals surface area contributed by atoms with Crippen LogP contribution < -0.4 is 25.3 Å². The highest BCUT2D eigenvalue weighted by Crippen LogP contribution is 2.44. The Hall–Kier alpha value is -1.99. The summed E-state index contributed by atoms with van der Waals surface area (Å²) in [5.41, 5.74) is 6.29. The molecule has 0 bridgehead atoms. The van der Waals surface area contributed by atoms with Gasteiger partial charge in [0.15, 0.2) is 5.84 Å². The Balaban J connectivity index is 0.00000157. The number of ether oxygens (including phenoxy) is 1. The second kappa shape index (κ2) is 5.51. The van der Waals surface area contributed by atoms with Gasteiger partial charge in [0.1, 0.15) is 18.4 Å². The summed E-state index contributed by atoms with van der Waals surface area (Å²) in [6, 6.07) is 4.05. The molecule has 0 radical (unpaired) electrons. The predicted octanol–water partition coefficient (Wildman–Crippen LogP) is 0.863. The number of carbonyl (C=O) groups excluding carboxylic acids is 1. The van der Waals surface area contributed by atoms with E-state index < -0.39 is 0 Å². The molecule has 0 aliphatic carbocycles. The van der Waals surface area contributed by atoms with Crippen molar-refractivity contribution in [2.75, 3.05) is 36.0 Å². The largest absolute Gasteiger partial charge is 0.483 e. The van der Waals surface area contributed by atoms with Crippen LogP contribution in [0.4, 0.5) is 11.4 Å². The highest BCUT2D eigenvalue weighted by atomic mass is 35.5. The third-order valence-corrected chi connectivity index (χ3v) is 5.68. The number of anilines is 2. The molecule has 0 saturated carbocycles. The lowest BCUT2D eigenvalue weighted by molar-refractivity contribution is -0.122. The van der Waals surface area contributed by atoms with Crippen LogP contribution in [-0.4, -0.2) is 49.6 Å². The molecule has 134 valence electrons. The standard InChI is InChI=1S/C17H21N5O2.ClH/c1-10-16(23)20-19-15-7-24-14-5-11-3-4-21(17(2)8-18-9-17)12(11)6-13(14)22(10)15;/h5-6,10,18H,3-4,7-9H2,1-2H3,(H,20,23);1H. The van der Waals surface area contributed by atoms with Gasteiger partial charge < -0.3 is 19.9 Å². The summed E-state index contributed by atoms with van der Waals surface area (Å²) in [7, 11) is 0. The molecule has 1 fully saturated rings. The zero-order valence-corrected chi connectivity index (χ0v) is 15.2. The Bertz CT molecular complexity index is 777. The molecule has 25 heavy (non-hydrogen) atoms. The molecule has 2 N–H and O–H groups in total. The van der Waals surface area contributed by atoms with Crippen LogP contribution in [0.3, 0.4) is 0 Å². The fourth-order valence-corrected chi connectivity index (χ4v) is 4.15. The fourth-order valence-electron chi connectivity index (χ4n) is 4.15. The summed E-state index contributed by atoms with van der Waals surface area (Å²) < 4.78 is 5.91. The molecule has 4 aliphatic rings. The molecule has 4 heterocycles. The van der Waals surface area contributed by atoms with Gasteiger partial charge in [-0.2, -0.15) is 5.10 Å². The molecule has 1 amide bonds. The molecule has 5 rings (SSSR count). The average molecular weight is 364 g/mol. The van der Waals surface area contributed by atoms with Crippen molar-refractivity contribution in [1.29, 1.82) is 0 Å². The van der Waals surface area contributed by atoms with E-state index in [1.807, 2.05) is 11.8 Å². The van der Waals surface area contributed by atoms with Gasteiger partial charge >= 0.3 is 0 Å². The summed E-state index contributed by atoms with van der Waals surface area (Å²) >= 11 is 0. The number of halogens is 1. The van der Waals surface area contributed by atoms with Gasteiger partial charge in [-0.1, -0.05) is 0 Å². The fraction of sp³-hybridized carbons (Fsp3) is 0.529. The number of nitrogens with zero attached hydrogens (tertiary/aromatic N) is 3. The first-order chi connectivity index (χ1) is 11.6. The van der Waals surface area contributed by atoms with Gasteiger partial charge in [0, 0.05) is 25.3 Å². The lowest BCUT2D eigenvalue weighted by Crippen LogP contribution is -2.67. The first kappa shape index (κ1) is 16.5. The van der Waals surface area contributed by atoms with Crippen LogP contribution in [0.25, 0.3) is 0 Å². The second-order valence-corrected chi connectivity index (χ2v) is 7.29. The van der Waals surface area contributed by atoms with Crippen LogP contribution in [0.2, 0.25) is 0 Å². The minimum Gasteiger partial charge on any atom is -0.483 e. The number of hydrazone groups is 1. The van der Waals surface area contributed by atoms with Crippen LogP contribution >= 0.6 is 12.4 Å². The predicted molar refractivity (Wildman–Crippen MR) is 99.0 cm³/mol. The van der Waals surface area contributed by atoms with Crippen LogP contribution in [0.1, 0.15) is 19.4 Å². The van der Waals surface area contributed by atoms with Crippen molar-refractivity contribution >= 4 is 35.5 Å². The van der Waals surface area contributed by atoms with Gasteiger partial charge in [-0.15, -0.1) is 12.4 Å². The Kier molecular flexibility index (Phi) is 3.63. The average Bonchev–Trinajstić information content (AvgIpc) is 2.97. The van der Waals surface area contributed by atoms with E-state index in [9.17, 15) is 4.79 Å². The van der Waals surface area contributed by atoms with E-state index in [1.54, 1.807) is 0 Å². The van der Waals surface area contributed by atoms with Crippen LogP contribution in [0.5, 0.6) is 5.75 Å². The maximum absolute atomic E-state index is 12.1. The van der Waals surface area contributed by atoms with Crippen LogP contribution in [-0.2, 0) is 11.2 Å². The summed E-state index contributed by atoms with van der Waals surface area (Å²) in [6.45, 7) is 7.65. The highest BCUT2D eigenvalue weighted by molar-refractivity contribution is 6.09. The summed E-state index contributed by atoms with van der Waals surface area (Å²) in [4.78, 5) is 16.6. The van der Waals surface area contributed by atoms with E-state index >= 15 is 0 Å². The van der Waals surface area contributed by atoms with E-state index in [0.29, 0.717) is 6.61 Å². The van der Waals surface area contributed by atoms with Crippen molar-refractivity contribution in [3.05, 3.63) is 17.7 Å². The molecule has 4 aliphatic heterocycles. The Labute approximate surface area is 152 Å². The lowest BCUT2D eigenvalue weighted by atomic mass is 9.92. The summed E-state index contributed by atoms with van der Waals surface area (Å²) in [6.07, 6.45) is 1.04. The quantitative estimate of drug-likeness (QED) is 0.774. The molecule has 0 spiro atoms. The minimum atomic E-state index is -0.283. The van der Waals surface area contributed by atoms with Crippen LogP contribution in [0, 0.1) is 0 Å². The molecule has 1 unspecified atom stereocenters. The summed E-state index contributed by atoms with van der Waals surface area (Å²) in [5, 5.41) is 7.55. The second-order valence-electron chi connectivity index (χ2n) is 7.29. The first-order valence-electron chi connectivity index (χ1n) is 8.51. The van der Waals surface area contributed by atoms with Crippen LogP contribution in [0.15, 0.2) is 17.2 Å². The monoisotopic (exact) mass is 363 g/mol. The molecule has 0 aromatic heterocycles. The highest BCUT2D eigenvalue weighted by Gasteiger charge is 2.42. The van der Waals surface area contributed by atoms with E-state index in [1.165, 1.54) is 11.3 Å². The number of benzene rings is 1. The van der Waals surface area contributed by atoms with Crippen molar-refractivity contribution in [2.45, 2.75) is 31.8 Å². The molecular formula is C17H22ClN5O2. The number of rotatable bonds is 1. The van der Waals surface area contributed by atoms with Gasteiger partial charge in [-0.25, -0.2) is 5.43 Å². The van der Waals surface area contributed by atoms with Crippen molar-refractivity contribution in [3.8, 4) is 5.75 Å². The zero-order chi connectivity index (χ0) is 16.5. The van der Waals surface area contributed by atoms with Gasteiger partial charge in [0.25, 0.3) is 5.91 Å².